The molecule has 0 unspecified atom stereocenters. The van der Waals surface area contributed by atoms with Crippen molar-refractivity contribution in [3.05, 3.63) is 51.0 Å². The van der Waals surface area contributed by atoms with Crippen molar-refractivity contribution in [2.45, 2.75) is 52.9 Å². The molecule has 0 bridgehead atoms. The van der Waals surface area contributed by atoms with E-state index in [9.17, 15) is 13.2 Å². The molecule has 0 saturated heterocycles. The fourth-order valence-corrected chi connectivity index (χ4v) is 3.51. The van der Waals surface area contributed by atoms with Crippen LogP contribution < -0.4 is 9.46 Å². The Morgan fingerprint density at radius 3 is 2.52 bits per heavy atom. The first-order valence-corrected chi connectivity index (χ1v) is 11.7. The maximum atomic E-state index is 12.3. The molecule has 11 heteroatoms. The number of hydrogen-bond donors (Lipinski definition) is 1. The third-order valence-electron chi connectivity index (χ3n) is 3.52. The van der Waals surface area contributed by atoms with Crippen molar-refractivity contribution in [2.75, 3.05) is 0 Å². The van der Waals surface area contributed by atoms with Gasteiger partial charge in [-0.15, -0.1) is 5.10 Å². The molecule has 1 N–H and O–H groups in total. The number of rotatable bonds is 7. The van der Waals surface area contributed by atoms with Gasteiger partial charge in [-0.3, -0.25) is 4.68 Å². The van der Waals surface area contributed by atoms with E-state index in [0.717, 1.165) is 11.0 Å². The zero-order chi connectivity index (χ0) is 23.4. The third-order valence-corrected chi connectivity index (χ3v) is 5.06. The molecule has 0 aliphatic rings. The largest absolute Gasteiger partial charge is 0.474 e. The van der Waals surface area contributed by atoms with Crippen molar-refractivity contribution in [1.82, 2.24) is 14.5 Å². The van der Waals surface area contributed by atoms with Crippen LogP contribution >= 0.6 is 23.2 Å². The molecule has 0 aliphatic carbocycles. The van der Waals surface area contributed by atoms with Gasteiger partial charge in [0.15, 0.2) is 0 Å². The van der Waals surface area contributed by atoms with Gasteiger partial charge in [0.25, 0.3) is 10.0 Å². The quantitative estimate of drug-likeness (QED) is 0.596. The smallest absolute Gasteiger partial charge is 0.421 e. The van der Waals surface area contributed by atoms with Crippen LogP contribution in [0.1, 0.15) is 45.9 Å². The summed E-state index contributed by atoms with van der Waals surface area (Å²) in [5.41, 5.74) is 0.328. The van der Waals surface area contributed by atoms with Gasteiger partial charge in [-0.25, -0.2) is 17.9 Å². The average molecular weight is 490 g/mol. The van der Waals surface area contributed by atoms with Crippen LogP contribution in [0.25, 0.3) is 6.08 Å². The topological polar surface area (TPSA) is 99.5 Å². The van der Waals surface area contributed by atoms with E-state index in [2.05, 4.69) is 5.10 Å². The molecule has 31 heavy (non-hydrogen) atoms. The predicted molar refractivity (Wildman–Crippen MR) is 121 cm³/mol. The Hall–Kier alpha value is -2.23. The van der Waals surface area contributed by atoms with Crippen molar-refractivity contribution >= 4 is 45.4 Å². The normalized spacial score (nSPS) is 12.4. The van der Waals surface area contributed by atoms with Gasteiger partial charge in [0.1, 0.15) is 5.60 Å². The first kappa shape index (κ1) is 25.0. The van der Waals surface area contributed by atoms with E-state index < -0.39 is 21.7 Å². The molecule has 2 aromatic rings. The van der Waals surface area contributed by atoms with Crippen LogP contribution in [0.3, 0.4) is 0 Å². The fraction of sp³-hybridized carbons (Fsp3) is 0.400. The van der Waals surface area contributed by atoms with Crippen LogP contribution in [0.2, 0.25) is 10.0 Å². The van der Waals surface area contributed by atoms with Crippen LogP contribution in [0.4, 0.5) is 4.79 Å². The highest BCUT2D eigenvalue weighted by Crippen LogP contribution is 2.24. The number of aromatic nitrogens is 2. The third kappa shape index (κ3) is 8.43. The van der Waals surface area contributed by atoms with Crippen LogP contribution in [-0.4, -0.2) is 36.0 Å². The van der Waals surface area contributed by atoms with Gasteiger partial charge in [0.2, 0.25) is 5.88 Å². The summed E-state index contributed by atoms with van der Waals surface area (Å²) in [5, 5.41) is 6.16. The van der Waals surface area contributed by atoms with Gasteiger partial charge in [0.05, 0.1) is 23.8 Å². The Labute approximate surface area is 192 Å². The lowest BCUT2D eigenvalue weighted by Gasteiger charge is -2.19. The molecule has 1 amide bonds. The van der Waals surface area contributed by atoms with Crippen molar-refractivity contribution < 1.29 is 22.7 Å². The van der Waals surface area contributed by atoms with E-state index in [0.29, 0.717) is 21.6 Å². The summed E-state index contributed by atoms with van der Waals surface area (Å²) < 4.78 is 38.5. The van der Waals surface area contributed by atoms with Gasteiger partial charge >= 0.3 is 6.09 Å². The second-order valence-corrected chi connectivity index (χ2v) is 10.3. The van der Waals surface area contributed by atoms with Crippen LogP contribution in [0.15, 0.2) is 29.7 Å². The zero-order valence-electron chi connectivity index (χ0n) is 17.8. The number of amides is 1. The second kappa shape index (κ2) is 9.93. The van der Waals surface area contributed by atoms with E-state index in [-0.39, 0.29) is 12.6 Å². The lowest BCUT2D eigenvalue weighted by Crippen LogP contribution is -2.35. The Kier molecular flexibility index (Phi) is 8.02. The minimum atomic E-state index is -4.10. The predicted octanol–water partition coefficient (Wildman–Crippen LogP) is 4.85. The molecular formula is C20H25Cl2N3O5S. The highest BCUT2D eigenvalue weighted by atomic mass is 35.5. The summed E-state index contributed by atoms with van der Waals surface area (Å²) in [5.74, 6) is 0.317. The number of benzene rings is 1. The van der Waals surface area contributed by atoms with Crippen molar-refractivity contribution in [3.63, 3.8) is 0 Å². The van der Waals surface area contributed by atoms with Crippen LogP contribution in [0, 0.1) is 0 Å². The lowest BCUT2D eigenvalue weighted by atomic mass is 10.2. The van der Waals surface area contributed by atoms with Gasteiger partial charge < -0.3 is 9.47 Å². The van der Waals surface area contributed by atoms with E-state index in [1.807, 2.05) is 18.6 Å². The molecule has 0 fully saturated rings. The minimum Gasteiger partial charge on any atom is -0.474 e. The number of hydrogen-bond acceptors (Lipinski definition) is 6. The number of sulfonamides is 1. The molecule has 2 rings (SSSR count). The van der Waals surface area contributed by atoms with E-state index >= 15 is 0 Å². The Bertz CT molecular complexity index is 1070. The van der Waals surface area contributed by atoms with Crippen molar-refractivity contribution in [3.8, 4) is 5.88 Å². The van der Waals surface area contributed by atoms with E-state index in [1.165, 1.54) is 10.8 Å². The molecule has 0 aliphatic heterocycles. The first-order valence-electron chi connectivity index (χ1n) is 9.36. The highest BCUT2D eigenvalue weighted by Gasteiger charge is 2.20. The van der Waals surface area contributed by atoms with Gasteiger partial charge in [-0.1, -0.05) is 29.3 Å². The molecule has 1 aromatic heterocycles. The van der Waals surface area contributed by atoms with Gasteiger partial charge in [-0.05, 0) is 58.4 Å². The van der Waals surface area contributed by atoms with Gasteiger partial charge in [0, 0.05) is 16.1 Å². The Balaban J connectivity index is 2.29. The lowest BCUT2D eigenvalue weighted by molar-refractivity contribution is 0.0571. The number of nitrogens with one attached hydrogen (secondary N) is 1. The monoisotopic (exact) mass is 489 g/mol. The molecule has 8 nitrogen and oxygen atoms in total. The number of carbonyl (C=O) groups excluding carboxylic acids is 1. The van der Waals surface area contributed by atoms with Gasteiger partial charge in [-0.2, -0.15) is 0 Å². The highest BCUT2D eigenvalue weighted by molar-refractivity contribution is 7.93. The summed E-state index contributed by atoms with van der Waals surface area (Å²) in [6.07, 6.45) is 0.107. The summed E-state index contributed by atoms with van der Waals surface area (Å²) in [4.78, 5) is 11.8. The molecular weight excluding hydrogens is 465 g/mol. The van der Waals surface area contributed by atoms with Crippen molar-refractivity contribution in [2.24, 2.45) is 0 Å². The van der Waals surface area contributed by atoms with Crippen molar-refractivity contribution in [1.29, 1.82) is 0 Å². The second-order valence-electron chi connectivity index (χ2n) is 7.92. The SMILES string of the molecule is CC(C)Oc1cc(/C=C/S(=O)(=O)NC(=O)OC(C)(C)C)n(Cc2ccc(Cl)cc2Cl)n1. The zero-order valence-corrected chi connectivity index (χ0v) is 20.2. The minimum absolute atomic E-state index is 0.128. The number of halogens is 2. The maximum Gasteiger partial charge on any atom is 0.421 e. The Morgan fingerprint density at radius 2 is 1.94 bits per heavy atom. The molecule has 0 spiro atoms. The van der Waals surface area contributed by atoms with E-state index in [4.69, 9.17) is 32.7 Å². The van der Waals surface area contributed by atoms with Crippen LogP contribution in [0.5, 0.6) is 5.88 Å². The maximum absolute atomic E-state index is 12.3. The number of nitrogens with zero attached hydrogens (tertiary/aromatic N) is 2. The van der Waals surface area contributed by atoms with Crippen LogP contribution in [-0.2, 0) is 21.3 Å². The number of ether oxygens (including phenoxy) is 2. The molecule has 0 saturated carbocycles. The summed E-state index contributed by atoms with van der Waals surface area (Å²) >= 11 is 12.2. The summed E-state index contributed by atoms with van der Waals surface area (Å²) in [7, 11) is -4.10. The molecule has 0 radical (unpaired) electrons. The Morgan fingerprint density at radius 1 is 1.26 bits per heavy atom. The van der Waals surface area contributed by atoms with E-state index in [1.54, 1.807) is 45.0 Å². The fourth-order valence-electron chi connectivity index (χ4n) is 2.39. The molecule has 0 atom stereocenters. The summed E-state index contributed by atoms with van der Waals surface area (Å²) in [6.45, 7) is 8.83. The standard InChI is InChI=1S/C20H25Cl2N3O5S/c1-13(2)29-18-11-16(8-9-31(27,28)24-19(26)30-20(3,4)5)25(23-18)12-14-6-7-15(21)10-17(14)22/h6-11,13H,12H2,1-5H3,(H,24,26)/b9-8+. The molecule has 1 aromatic carbocycles. The molecule has 170 valence electrons. The molecule has 1 heterocycles. The first-order chi connectivity index (χ1) is 14.2. The summed E-state index contributed by atoms with van der Waals surface area (Å²) in [6, 6.07) is 6.65. The number of carbonyl (C=O) groups is 1. The average Bonchev–Trinajstić information content (AvgIpc) is 2.94.